The van der Waals surface area contributed by atoms with Crippen molar-refractivity contribution in [3.8, 4) is 11.1 Å². The van der Waals surface area contributed by atoms with Crippen molar-refractivity contribution in [2.24, 2.45) is 0 Å². The number of unbranched alkanes of at least 4 members (excludes halogenated alkanes) is 1. The largest absolute Gasteiger partial charge is 0.394 e. The first-order valence-electron chi connectivity index (χ1n) is 13.6. The first-order valence-corrected chi connectivity index (χ1v) is 13.6. The van der Waals surface area contributed by atoms with Crippen molar-refractivity contribution >= 4 is 28.7 Å². The number of fused-ring (bicyclic) bond motifs is 1. The number of hydrogen-bond donors (Lipinski definition) is 3. The van der Waals surface area contributed by atoms with Gasteiger partial charge in [-0.3, -0.25) is 14.6 Å². The summed E-state index contributed by atoms with van der Waals surface area (Å²) in [5, 5.41) is 13.3. The number of nitrogens with one attached hydrogen (secondary N) is 1. The van der Waals surface area contributed by atoms with Crippen LogP contribution in [0, 0.1) is 0 Å². The lowest BCUT2D eigenvalue weighted by Gasteiger charge is -2.33. The van der Waals surface area contributed by atoms with Gasteiger partial charge in [-0.2, -0.15) is 4.98 Å². The van der Waals surface area contributed by atoms with Gasteiger partial charge in [0.05, 0.1) is 24.2 Å². The molecule has 1 amide bonds. The second kappa shape index (κ2) is 12.1. The third-order valence-corrected chi connectivity index (χ3v) is 7.35. The maximum atomic E-state index is 13.1. The molecule has 4 N–H and O–H groups in total. The summed E-state index contributed by atoms with van der Waals surface area (Å²) in [5.74, 6) is 0.697. The fourth-order valence-electron chi connectivity index (χ4n) is 5.05. The number of nitrogens with zero attached hydrogens (tertiary/aromatic N) is 6. The van der Waals surface area contributed by atoms with Gasteiger partial charge in [0, 0.05) is 43.2 Å². The number of pyridine rings is 2. The van der Waals surface area contributed by atoms with E-state index in [1.807, 2.05) is 49.1 Å². The lowest BCUT2D eigenvalue weighted by molar-refractivity contribution is -0.133. The van der Waals surface area contributed by atoms with Crippen molar-refractivity contribution in [2.75, 3.05) is 51.4 Å². The molecular weight excluding hydrogens is 496 g/mol. The quantitative estimate of drug-likeness (QED) is 0.356. The number of aliphatic hydroxyl groups is 1. The first-order chi connectivity index (χ1) is 18.6. The molecule has 1 aliphatic rings. The van der Waals surface area contributed by atoms with E-state index in [9.17, 15) is 14.7 Å². The van der Waals surface area contributed by atoms with Gasteiger partial charge in [-0.1, -0.05) is 19.8 Å². The van der Waals surface area contributed by atoms with Crippen LogP contribution >= 0.6 is 0 Å². The zero-order valence-corrected chi connectivity index (χ0v) is 23.4. The first kappa shape index (κ1) is 28.4. The molecule has 3 aromatic rings. The van der Waals surface area contributed by atoms with Gasteiger partial charge >= 0.3 is 0 Å². The number of rotatable bonds is 10. The van der Waals surface area contributed by atoms with Crippen LogP contribution in [0.3, 0.4) is 0 Å². The van der Waals surface area contributed by atoms with Crippen LogP contribution in [0.2, 0.25) is 0 Å². The number of likely N-dealkylation sites (tertiary alicyclic amines) is 1. The number of carbonyl (C=O) groups is 1. The highest BCUT2D eigenvalue weighted by atomic mass is 16.3. The summed E-state index contributed by atoms with van der Waals surface area (Å²) in [6, 6.07) is 5.43. The minimum Gasteiger partial charge on any atom is -0.394 e. The minimum absolute atomic E-state index is 0.0550. The average Bonchev–Trinajstić information content (AvgIpc) is 2.91. The van der Waals surface area contributed by atoms with Crippen molar-refractivity contribution in [3.05, 3.63) is 40.9 Å². The van der Waals surface area contributed by atoms with E-state index in [0.29, 0.717) is 36.5 Å². The molecule has 0 spiro atoms. The number of aliphatic hydroxyl groups excluding tert-OH is 1. The summed E-state index contributed by atoms with van der Waals surface area (Å²) in [7, 11) is 3.77. The van der Waals surface area contributed by atoms with E-state index in [2.05, 4.69) is 27.2 Å². The molecule has 1 saturated heterocycles. The zero-order valence-electron chi connectivity index (χ0n) is 23.4. The number of nitrogens with two attached hydrogens (primary N) is 1. The van der Waals surface area contributed by atoms with Gasteiger partial charge in [0.25, 0.3) is 5.56 Å². The third kappa shape index (κ3) is 6.72. The van der Waals surface area contributed by atoms with E-state index in [4.69, 9.17) is 5.73 Å². The SMILES string of the molecule is CCCC[C@](C)(CO)Nc1nc(N)nc2cc(-c3ccn(C4CCN(C(=O)CN(C)C)CC4)c(=O)c3)cnc12. The van der Waals surface area contributed by atoms with Crippen molar-refractivity contribution in [1.82, 2.24) is 29.3 Å². The Morgan fingerprint density at radius 2 is 1.97 bits per heavy atom. The van der Waals surface area contributed by atoms with E-state index >= 15 is 0 Å². The van der Waals surface area contributed by atoms with Crippen LogP contribution in [-0.2, 0) is 4.79 Å². The number of piperidine rings is 1. The molecular formula is C28H40N8O3. The van der Waals surface area contributed by atoms with Gasteiger partial charge in [0.1, 0.15) is 5.52 Å². The molecule has 11 nitrogen and oxygen atoms in total. The molecule has 210 valence electrons. The summed E-state index contributed by atoms with van der Waals surface area (Å²) >= 11 is 0. The molecule has 3 aromatic heterocycles. The van der Waals surface area contributed by atoms with Crippen molar-refractivity contribution < 1.29 is 9.90 Å². The molecule has 4 heterocycles. The van der Waals surface area contributed by atoms with Crippen LogP contribution in [0.4, 0.5) is 11.8 Å². The van der Waals surface area contributed by atoms with Crippen LogP contribution < -0.4 is 16.6 Å². The second-order valence-corrected chi connectivity index (χ2v) is 11.0. The molecule has 0 saturated carbocycles. The Morgan fingerprint density at radius 3 is 2.62 bits per heavy atom. The monoisotopic (exact) mass is 536 g/mol. The molecule has 0 unspecified atom stereocenters. The lowest BCUT2D eigenvalue weighted by atomic mass is 9.96. The van der Waals surface area contributed by atoms with Crippen molar-refractivity contribution in [3.63, 3.8) is 0 Å². The molecule has 1 fully saturated rings. The molecule has 0 aromatic carbocycles. The molecule has 1 aliphatic heterocycles. The Balaban J connectivity index is 1.54. The van der Waals surface area contributed by atoms with Gasteiger partial charge in [-0.25, -0.2) is 4.98 Å². The normalized spacial score (nSPS) is 16.0. The maximum absolute atomic E-state index is 13.1. The Bertz CT molecular complexity index is 1370. The van der Waals surface area contributed by atoms with Crippen molar-refractivity contribution in [1.29, 1.82) is 0 Å². The van der Waals surface area contributed by atoms with Crippen LogP contribution in [-0.4, -0.2) is 86.2 Å². The van der Waals surface area contributed by atoms with E-state index in [1.165, 1.54) is 0 Å². The van der Waals surface area contributed by atoms with Gasteiger partial charge in [0.2, 0.25) is 11.9 Å². The average molecular weight is 537 g/mol. The second-order valence-electron chi connectivity index (χ2n) is 11.0. The summed E-state index contributed by atoms with van der Waals surface area (Å²) < 4.78 is 1.76. The van der Waals surface area contributed by atoms with E-state index in [0.717, 1.165) is 43.2 Å². The molecule has 0 radical (unpaired) electrons. The Morgan fingerprint density at radius 1 is 1.23 bits per heavy atom. The number of anilines is 2. The van der Waals surface area contributed by atoms with Crippen LogP contribution in [0.1, 0.15) is 52.0 Å². The van der Waals surface area contributed by atoms with Crippen LogP contribution in [0.5, 0.6) is 0 Å². The van der Waals surface area contributed by atoms with Gasteiger partial charge in [-0.15, -0.1) is 0 Å². The molecule has 11 heteroatoms. The number of amides is 1. The lowest BCUT2D eigenvalue weighted by Crippen LogP contribution is -2.44. The molecule has 0 aliphatic carbocycles. The molecule has 1 atom stereocenters. The van der Waals surface area contributed by atoms with Crippen molar-refractivity contribution in [2.45, 2.75) is 57.5 Å². The topological polar surface area (TPSA) is 142 Å². The number of nitrogen functional groups attached to an aromatic ring is 1. The highest BCUT2D eigenvalue weighted by Crippen LogP contribution is 2.28. The fraction of sp³-hybridized carbons (Fsp3) is 0.536. The maximum Gasteiger partial charge on any atom is 0.251 e. The standard InChI is InChI=1S/C28H40N8O3/c1-5-6-10-28(2,18-37)33-26-25-22(31-27(29)32-26)14-20(16-30-25)19-7-13-36(23(38)15-19)21-8-11-35(12-9-21)24(39)17-34(3)4/h7,13-16,21,37H,5-6,8-12,17-18H2,1-4H3,(H3,29,31,32,33)/t28-/m1/s1. The number of carbonyl (C=O) groups excluding carboxylic acids is 1. The Kier molecular flexibility index (Phi) is 8.81. The smallest absolute Gasteiger partial charge is 0.251 e. The number of hydrogen-bond acceptors (Lipinski definition) is 9. The zero-order chi connectivity index (χ0) is 28.2. The predicted octanol–water partition coefficient (Wildman–Crippen LogP) is 2.51. The summed E-state index contributed by atoms with van der Waals surface area (Å²) in [6.07, 6.45) is 7.75. The van der Waals surface area contributed by atoms with Crippen LogP contribution in [0.25, 0.3) is 22.2 Å². The Hall–Kier alpha value is -3.57. The van der Waals surface area contributed by atoms with E-state index in [1.54, 1.807) is 16.8 Å². The summed E-state index contributed by atoms with van der Waals surface area (Å²) in [4.78, 5) is 42.5. The summed E-state index contributed by atoms with van der Waals surface area (Å²) in [5.41, 5.74) is 7.95. The highest BCUT2D eigenvalue weighted by molar-refractivity contribution is 5.89. The van der Waals surface area contributed by atoms with Gasteiger partial charge < -0.3 is 30.5 Å². The molecule has 39 heavy (non-hydrogen) atoms. The fourth-order valence-corrected chi connectivity index (χ4v) is 5.05. The molecule has 0 bridgehead atoms. The minimum atomic E-state index is -0.565. The van der Waals surface area contributed by atoms with E-state index < -0.39 is 5.54 Å². The summed E-state index contributed by atoms with van der Waals surface area (Å²) in [6.45, 7) is 5.68. The van der Waals surface area contributed by atoms with Crippen LogP contribution in [0.15, 0.2) is 35.4 Å². The number of aromatic nitrogens is 4. The Labute approximate surface area is 229 Å². The van der Waals surface area contributed by atoms with E-state index in [-0.39, 0.29) is 30.1 Å². The number of likely N-dealkylation sites (N-methyl/N-ethyl adjacent to an activating group) is 1. The van der Waals surface area contributed by atoms with Gasteiger partial charge in [0.15, 0.2) is 5.82 Å². The predicted molar refractivity (Wildman–Crippen MR) is 153 cm³/mol. The highest BCUT2D eigenvalue weighted by Gasteiger charge is 2.26. The van der Waals surface area contributed by atoms with Gasteiger partial charge in [-0.05, 0) is 58.0 Å². The molecule has 4 rings (SSSR count). The third-order valence-electron chi connectivity index (χ3n) is 7.35.